The van der Waals surface area contributed by atoms with Crippen LogP contribution in [0.2, 0.25) is 0 Å². The molecule has 126 valence electrons. The smallest absolute Gasteiger partial charge is 0.124 e. The summed E-state index contributed by atoms with van der Waals surface area (Å²) in [5, 5.41) is 9.97. The van der Waals surface area contributed by atoms with Crippen molar-refractivity contribution in [3.8, 4) is 11.5 Å². The first-order chi connectivity index (χ1) is 11.8. The Labute approximate surface area is 143 Å². The molecule has 4 heteroatoms. The number of benzene rings is 2. The minimum atomic E-state index is 0.219. The average molecular weight is 324 g/mol. The van der Waals surface area contributed by atoms with E-state index in [0.29, 0.717) is 17.9 Å². The molecule has 24 heavy (non-hydrogen) atoms. The van der Waals surface area contributed by atoms with Crippen LogP contribution in [0.4, 0.5) is 0 Å². The number of hydrogen-bond acceptors (Lipinski definition) is 4. The summed E-state index contributed by atoms with van der Waals surface area (Å²) in [6, 6.07) is 16.0. The van der Waals surface area contributed by atoms with Crippen molar-refractivity contribution in [3.63, 3.8) is 0 Å². The molecule has 1 aliphatic heterocycles. The standard InChI is InChI=1S/C20H24N2O2/c1-24-18-9-10-20(23)17(13-18)14-21-15-19(22-11-5-6-12-22)16-7-3-2-4-8-16/h2-4,7-10,13-14,19,23H,5-6,11-12,15H2,1H3/t19-/m0/s1. The Balaban J connectivity index is 1.76. The number of aliphatic imine (C=N–C) groups is 1. The molecule has 1 N–H and O–H groups in total. The zero-order valence-electron chi connectivity index (χ0n) is 14.1. The van der Waals surface area contributed by atoms with Crippen molar-refractivity contribution >= 4 is 6.21 Å². The van der Waals surface area contributed by atoms with E-state index < -0.39 is 0 Å². The highest BCUT2D eigenvalue weighted by Crippen LogP contribution is 2.26. The fourth-order valence-electron chi connectivity index (χ4n) is 3.17. The van der Waals surface area contributed by atoms with Crippen LogP contribution < -0.4 is 4.74 Å². The van der Waals surface area contributed by atoms with Crippen LogP contribution in [-0.4, -0.2) is 43.0 Å². The van der Waals surface area contributed by atoms with Gasteiger partial charge in [0.25, 0.3) is 0 Å². The third-order valence-electron chi connectivity index (χ3n) is 4.51. The number of rotatable bonds is 6. The predicted octanol–water partition coefficient (Wildman–Crippen LogP) is 3.66. The van der Waals surface area contributed by atoms with E-state index >= 15 is 0 Å². The van der Waals surface area contributed by atoms with Gasteiger partial charge in [-0.1, -0.05) is 30.3 Å². The first kappa shape index (κ1) is 16.5. The van der Waals surface area contributed by atoms with Crippen LogP contribution in [0.5, 0.6) is 11.5 Å². The van der Waals surface area contributed by atoms with Gasteiger partial charge in [0.2, 0.25) is 0 Å². The van der Waals surface area contributed by atoms with Crippen molar-refractivity contribution in [1.82, 2.24) is 4.90 Å². The van der Waals surface area contributed by atoms with Gasteiger partial charge in [0, 0.05) is 11.8 Å². The molecule has 0 spiro atoms. The van der Waals surface area contributed by atoms with Crippen molar-refractivity contribution in [2.45, 2.75) is 18.9 Å². The summed E-state index contributed by atoms with van der Waals surface area (Å²) in [5.74, 6) is 0.936. The van der Waals surface area contributed by atoms with Gasteiger partial charge in [-0.2, -0.15) is 0 Å². The van der Waals surface area contributed by atoms with Gasteiger partial charge in [-0.3, -0.25) is 9.89 Å². The van der Waals surface area contributed by atoms with E-state index in [0.717, 1.165) is 13.1 Å². The molecule has 4 nitrogen and oxygen atoms in total. The highest BCUT2D eigenvalue weighted by molar-refractivity contribution is 5.84. The second kappa shape index (κ2) is 7.97. The fraction of sp³-hybridized carbons (Fsp3) is 0.350. The highest BCUT2D eigenvalue weighted by atomic mass is 16.5. The molecule has 0 radical (unpaired) electrons. The topological polar surface area (TPSA) is 45.1 Å². The second-order valence-corrected chi connectivity index (χ2v) is 6.09. The molecule has 1 fully saturated rings. The van der Waals surface area contributed by atoms with Gasteiger partial charge in [-0.05, 0) is 49.7 Å². The number of phenolic OH excluding ortho intramolecular Hbond substituents is 1. The minimum Gasteiger partial charge on any atom is -0.507 e. The molecule has 2 aromatic rings. The van der Waals surface area contributed by atoms with Gasteiger partial charge < -0.3 is 9.84 Å². The summed E-state index contributed by atoms with van der Waals surface area (Å²) in [5.41, 5.74) is 1.98. The number of nitrogens with zero attached hydrogens (tertiary/aromatic N) is 2. The highest BCUT2D eigenvalue weighted by Gasteiger charge is 2.22. The number of likely N-dealkylation sites (tertiary alicyclic amines) is 1. The molecule has 1 atom stereocenters. The number of phenols is 1. The Morgan fingerprint density at radius 3 is 2.62 bits per heavy atom. The zero-order chi connectivity index (χ0) is 16.8. The van der Waals surface area contributed by atoms with E-state index in [9.17, 15) is 5.11 Å². The minimum absolute atomic E-state index is 0.219. The lowest BCUT2D eigenvalue weighted by Gasteiger charge is -2.26. The molecular formula is C20H24N2O2. The lowest BCUT2D eigenvalue weighted by Crippen LogP contribution is -2.27. The number of methoxy groups -OCH3 is 1. The lowest BCUT2D eigenvalue weighted by molar-refractivity contribution is 0.252. The van der Waals surface area contributed by atoms with E-state index in [1.165, 1.54) is 18.4 Å². The number of ether oxygens (including phenoxy) is 1. The van der Waals surface area contributed by atoms with Crippen LogP contribution in [-0.2, 0) is 0 Å². The first-order valence-electron chi connectivity index (χ1n) is 8.44. The van der Waals surface area contributed by atoms with Gasteiger partial charge in [-0.25, -0.2) is 0 Å². The van der Waals surface area contributed by atoms with E-state index in [1.807, 2.05) is 6.07 Å². The molecule has 0 saturated carbocycles. The normalized spacial score (nSPS) is 16.5. The van der Waals surface area contributed by atoms with Crippen molar-refractivity contribution in [2.75, 3.05) is 26.7 Å². The maximum atomic E-state index is 9.97. The van der Waals surface area contributed by atoms with Crippen molar-refractivity contribution in [1.29, 1.82) is 0 Å². The third-order valence-corrected chi connectivity index (χ3v) is 4.51. The SMILES string of the molecule is COc1ccc(O)c(C=NC[C@@H](c2ccccc2)N2CCCC2)c1. The summed E-state index contributed by atoms with van der Waals surface area (Å²) in [4.78, 5) is 7.12. The molecule has 0 amide bonds. The third kappa shape index (κ3) is 3.95. The number of hydrogen-bond donors (Lipinski definition) is 1. The molecule has 0 bridgehead atoms. The maximum absolute atomic E-state index is 9.97. The monoisotopic (exact) mass is 324 g/mol. The molecule has 0 aliphatic carbocycles. The molecule has 0 aromatic heterocycles. The molecule has 3 rings (SSSR count). The summed E-state index contributed by atoms with van der Waals surface area (Å²) in [7, 11) is 1.62. The van der Waals surface area contributed by atoms with E-state index in [4.69, 9.17) is 4.74 Å². The summed E-state index contributed by atoms with van der Waals surface area (Å²) in [6.45, 7) is 2.93. The van der Waals surface area contributed by atoms with Crippen molar-refractivity contribution in [2.24, 2.45) is 4.99 Å². The van der Waals surface area contributed by atoms with Crippen molar-refractivity contribution < 1.29 is 9.84 Å². The number of aromatic hydroxyl groups is 1. The van der Waals surface area contributed by atoms with E-state index in [1.54, 1.807) is 31.5 Å². The molecule has 0 unspecified atom stereocenters. The lowest BCUT2D eigenvalue weighted by atomic mass is 10.1. The second-order valence-electron chi connectivity index (χ2n) is 6.09. The zero-order valence-corrected chi connectivity index (χ0v) is 14.1. The Hall–Kier alpha value is -2.33. The Kier molecular flexibility index (Phi) is 5.49. The quantitative estimate of drug-likeness (QED) is 0.825. The fourth-order valence-corrected chi connectivity index (χ4v) is 3.17. The summed E-state index contributed by atoms with van der Waals surface area (Å²) >= 11 is 0. The average Bonchev–Trinajstić information content (AvgIpc) is 3.15. The van der Waals surface area contributed by atoms with Crippen LogP contribution in [0.15, 0.2) is 53.5 Å². The van der Waals surface area contributed by atoms with E-state index in [-0.39, 0.29) is 11.8 Å². The maximum Gasteiger partial charge on any atom is 0.124 e. The molecular weight excluding hydrogens is 300 g/mol. The van der Waals surface area contributed by atoms with Gasteiger partial charge in [0.1, 0.15) is 11.5 Å². The summed E-state index contributed by atoms with van der Waals surface area (Å²) < 4.78 is 5.21. The van der Waals surface area contributed by atoms with Crippen molar-refractivity contribution in [3.05, 3.63) is 59.7 Å². The van der Waals surface area contributed by atoms with Gasteiger partial charge >= 0.3 is 0 Å². The van der Waals surface area contributed by atoms with Crippen LogP contribution in [0, 0.1) is 0 Å². The molecule has 1 saturated heterocycles. The first-order valence-corrected chi connectivity index (χ1v) is 8.44. The van der Waals surface area contributed by atoms with Gasteiger partial charge in [0.05, 0.1) is 19.7 Å². The van der Waals surface area contributed by atoms with Crippen LogP contribution in [0.3, 0.4) is 0 Å². The van der Waals surface area contributed by atoms with E-state index in [2.05, 4.69) is 34.2 Å². The Morgan fingerprint density at radius 2 is 1.92 bits per heavy atom. The van der Waals surface area contributed by atoms with Gasteiger partial charge in [-0.15, -0.1) is 0 Å². The predicted molar refractivity (Wildman–Crippen MR) is 97.1 cm³/mol. The Bertz CT molecular complexity index is 679. The largest absolute Gasteiger partial charge is 0.507 e. The van der Waals surface area contributed by atoms with Crippen LogP contribution in [0.1, 0.15) is 30.0 Å². The molecule has 1 heterocycles. The van der Waals surface area contributed by atoms with Crippen LogP contribution in [0.25, 0.3) is 0 Å². The molecule has 1 aliphatic rings. The van der Waals surface area contributed by atoms with Gasteiger partial charge in [0.15, 0.2) is 0 Å². The molecule has 2 aromatic carbocycles. The van der Waals surface area contributed by atoms with Crippen LogP contribution >= 0.6 is 0 Å². The summed E-state index contributed by atoms with van der Waals surface area (Å²) in [6.07, 6.45) is 4.25. The Morgan fingerprint density at radius 1 is 1.17 bits per heavy atom.